The molecule has 3 fully saturated rings. The Hall–Kier alpha value is -3.08. The van der Waals surface area contributed by atoms with Crippen LogP contribution in [0.4, 0.5) is 16.2 Å². The molecule has 0 aromatic carbocycles. The molecule has 3 aromatic heterocycles. The van der Waals surface area contributed by atoms with E-state index < -0.39 is 82.5 Å². The van der Waals surface area contributed by atoms with Crippen LogP contribution in [0.15, 0.2) is 27.4 Å². The number of fused-ring (bicyclic) bond motifs is 4. The van der Waals surface area contributed by atoms with Gasteiger partial charge in [-0.05, 0) is 6.72 Å². The number of nitrogen functional groups attached to an aromatic ring is 1. The van der Waals surface area contributed by atoms with Gasteiger partial charge >= 0.3 is 14.6 Å². The molecule has 3 aliphatic rings. The summed E-state index contributed by atoms with van der Waals surface area (Å²) < 4.78 is 77.7. The summed E-state index contributed by atoms with van der Waals surface area (Å²) in [5.74, 6) is -0.333. The average Bonchev–Trinajstić information content (AvgIpc) is 3.75. The van der Waals surface area contributed by atoms with Crippen LogP contribution >= 0.6 is 26.9 Å². The maximum Gasteiger partial charge on any atom is 0.472 e. The molecule has 6 rings (SSSR count). The zero-order chi connectivity index (χ0) is 33.1. The number of H-pyrrole nitrogens is 1. The second-order valence-electron chi connectivity index (χ2n) is 10.1. The number of rotatable bonds is 4. The summed E-state index contributed by atoms with van der Waals surface area (Å²) in [7, 11) is -3.72. The van der Waals surface area contributed by atoms with Gasteiger partial charge in [0, 0.05) is 7.05 Å². The predicted octanol–water partition coefficient (Wildman–Crippen LogP) is -0.285. The number of hydrogen-bond acceptors (Lipinski definition) is 16. The van der Waals surface area contributed by atoms with Gasteiger partial charge in [-0.25, -0.2) is 28.5 Å². The molecule has 0 saturated carbocycles. The van der Waals surface area contributed by atoms with E-state index in [1.54, 1.807) is 0 Å². The van der Waals surface area contributed by atoms with Crippen molar-refractivity contribution in [3.05, 3.63) is 28.7 Å². The molecule has 7 N–H and O–H groups in total. The van der Waals surface area contributed by atoms with Crippen LogP contribution in [0.1, 0.15) is 18.1 Å². The summed E-state index contributed by atoms with van der Waals surface area (Å²) in [5.41, 5.74) is 10.7. The fourth-order valence-corrected chi connectivity index (χ4v) is 7.60. The fourth-order valence-electron chi connectivity index (χ4n) is 5.19. The number of nitrogens with two attached hydrogens (primary N) is 2. The van der Waals surface area contributed by atoms with Crippen LogP contribution in [0.2, 0.25) is 0 Å². The minimum atomic E-state index is -5.12. The number of aromatic amines is 1. The number of phosphoric acid groups is 1. The standard InChI is InChI=1S/C21H27FN10O11P2S/c1-25-15(23)10-16(26-2)31(5-27-10)19-9(22)13-8(41-19)4-39-45(37,46)43-14-12(33)7(3-38-44(35,36)42-13)40-20(14)32-6-28-11-17(32)29-21(24)30-18(11)34/h5-9,12-14,19-20,33H,2-4H2,1H3,(H2,23,25)(H,35,36)(H,37,46)(H3,24,29,30,34)/t7-,8-,9?,12?,13?,14?,19-,20-,45-/m1/s1. The van der Waals surface area contributed by atoms with Gasteiger partial charge in [0.15, 0.2) is 35.6 Å². The number of alkyl halides is 1. The smallest absolute Gasteiger partial charge is 0.387 e. The van der Waals surface area contributed by atoms with Gasteiger partial charge < -0.3 is 30.9 Å². The minimum Gasteiger partial charge on any atom is -0.387 e. The van der Waals surface area contributed by atoms with Crippen molar-refractivity contribution in [1.82, 2.24) is 29.1 Å². The number of aliphatic hydroxyl groups excluding tert-OH is 1. The largest absolute Gasteiger partial charge is 0.472 e. The normalized spacial score (nSPS) is 37.4. The molecule has 3 saturated heterocycles. The molecule has 3 aliphatic heterocycles. The van der Waals surface area contributed by atoms with E-state index in [0.717, 1.165) is 17.2 Å². The maximum atomic E-state index is 16.0. The number of aliphatic hydroxyl groups is 1. The summed E-state index contributed by atoms with van der Waals surface area (Å²) in [6.45, 7) is -2.61. The lowest BCUT2D eigenvalue weighted by molar-refractivity contribution is -0.0620. The van der Waals surface area contributed by atoms with Gasteiger partial charge in [0.1, 0.15) is 42.0 Å². The van der Waals surface area contributed by atoms with Gasteiger partial charge in [-0.3, -0.25) is 42.0 Å². The van der Waals surface area contributed by atoms with E-state index in [9.17, 15) is 23.9 Å². The zero-order valence-corrected chi connectivity index (χ0v) is 26.2. The molecule has 2 bridgehead atoms. The highest BCUT2D eigenvalue weighted by atomic mass is 32.7. The van der Waals surface area contributed by atoms with Crippen LogP contribution in [0.5, 0.6) is 0 Å². The highest BCUT2D eigenvalue weighted by Gasteiger charge is 2.54. The Morgan fingerprint density at radius 2 is 1.85 bits per heavy atom. The molecule has 21 nitrogen and oxygen atoms in total. The number of thiol groups is 1. The fraction of sp³-hybridized carbons (Fsp3) is 0.524. The van der Waals surface area contributed by atoms with Crippen molar-refractivity contribution in [3.63, 3.8) is 0 Å². The minimum absolute atomic E-state index is 0.0314. The summed E-state index contributed by atoms with van der Waals surface area (Å²) in [6.07, 6.45) is -11.0. The Morgan fingerprint density at radius 1 is 1.15 bits per heavy atom. The Labute approximate surface area is 262 Å². The van der Waals surface area contributed by atoms with Crippen LogP contribution in [-0.4, -0.2) is 109 Å². The first-order valence-corrected chi connectivity index (χ1v) is 17.4. The highest BCUT2D eigenvalue weighted by Crippen LogP contribution is 2.58. The number of aromatic nitrogens is 6. The molecule has 25 heteroatoms. The Bertz CT molecular complexity index is 1860. The number of nitrogens with zero attached hydrogens (tertiary/aromatic N) is 7. The van der Waals surface area contributed by atoms with E-state index in [-0.39, 0.29) is 34.5 Å². The second-order valence-corrected chi connectivity index (χ2v) is 14.4. The van der Waals surface area contributed by atoms with Crippen LogP contribution in [0, 0.1) is 0 Å². The maximum absolute atomic E-state index is 16.0. The van der Waals surface area contributed by atoms with Crippen LogP contribution in [0.25, 0.3) is 11.2 Å². The molecule has 0 aliphatic carbocycles. The third-order valence-corrected chi connectivity index (χ3v) is 9.89. The number of ether oxygens (including phenoxy) is 2. The molecule has 5 unspecified atom stereocenters. The van der Waals surface area contributed by atoms with Gasteiger partial charge in [-0.1, -0.05) is 12.2 Å². The van der Waals surface area contributed by atoms with Crippen molar-refractivity contribution >= 4 is 62.4 Å². The summed E-state index contributed by atoms with van der Waals surface area (Å²) >= 11 is 4.01. The van der Waals surface area contributed by atoms with Crippen molar-refractivity contribution in [2.24, 2.45) is 15.7 Å². The van der Waals surface area contributed by atoms with E-state index in [1.807, 2.05) is 0 Å². The first kappa shape index (κ1) is 32.8. The molecule has 0 spiro atoms. The molecule has 250 valence electrons. The first-order chi connectivity index (χ1) is 21.7. The molecule has 0 amide bonds. The number of hydrogen-bond donors (Lipinski definition) is 6. The number of nitrogens with one attached hydrogen (secondary N) is 1. The quantitative estimate of drug-likeness (QED) is 0.0879. The van der Waals surface area contributed by atoms with Gasteiger partial charge in [0.05, 0.1) is 25.9 Å². The number of anilines is 1. The molecular formula is C21H27FN10O11P2S. The SMILES string of the molecule is C=Nc1c(/C(N)=N\C)ncn1[C@@H]1O[C@@H]2CO[P@@](=O)(S)OC3C(O)[C@@H](COP(=O)(O)OC2C1F)O[C@H]3n1cnc2c(=O)[nH]c(N)nc21. The molecular weight excluding hydrogens is 681 g/mol. The summed E-state index contributed by atoms with van der Waals surface area (Å²) in [4.78, 5) is 44.9. The van der Waals surface area contributed by atoms with Crippen LogP contribution in [0.3, 0.4) is 0 Å². The van der Waals surface area contributed by atoms with Gasteiger partial charge in [0.25, 0.3) is 5.56 Å². The second kappa shape index (κ2) is 12.2. The number of imidazole rings is 2. The molecule has 3 aromatic rings. The van der Waals surface area contributed by atoms with Crippen LogP contribution in [-0.2, 0) is 36.7 Å². The number of amidine groups is 1. The van der Waals surface area contributed by atoms with E-state index in [4.69, 9.17) is 39.0 Å². The van der Waals surface area contributed by atoms with E-state index in [0.29, 0.717) is 0 Å². The first-order valence-electron chi connectivity index (χ1n) is 13.2. The predicted molar refractivity (Wildman–Crippen MR) is 157 cm³/mol. The Balaban J connectivity index is 1.32. The zero-order valence-electron chi connectivity index (χ0n) is 23.5. The molecule has 6 heterocycles. The summed E-state index contributed by atoms with van der Waals surface area (Å²) in [5, 5.41) is 11.1. The van der Waals surface area contributed by atoms with Gasteiger partial charge in [-0.15, -0.1) is 0 Å². The third-order valence-electron chi connectivity index (χ3n) is 7.29. The average molecular weight is 709 g/mol. The monoisotopic (exact) mass is 708 g/mol. The highest BCUT2D eigenvalue weighted by molar-refractivity contribution is 8.44. The Kier molecular flexibility index (Phi) is 8.70. The molecule has 46 heavy (non-hydrogen) atoms. The number of aliphatic imine (C=N–C) groups is 2. The topological polar surface area (TPSA) is 288 Å². The van der Waals surface area contributed by atoms with Crippen molar-refractivity contribution in [3.8, 4) is 0 Å². The molecule has 0 radical (unpaired) electrons. The lowest BCUT2D eigenvalue weighted by Crippen LogP contribution is -2.35. The van der Waals surface area contributed by atoms with E-state index in [1.165, 1.54) is 11.6 Å². The van der Waals surface area contributed by atoms with Crippen molar-refractivity contribution in [1.29, 1.82) is 0 Å². The van der Waals surface area contributed by atoms with E-state index >= 15 is 4.39 Å². The van der Waals surface area contributed by atoms with Crippen molar-refractivity contribution in [2.45, 2.75) is 49.1 Å². The summed E-state index contributed by atoms with van der Waals surface area (Å²) in [6, 6.07) is 0. The number of halogens is 1. The van der Waals surface area contributed by atoms with Crippen molar-refractivity contribution < 1.29 is 51.1 Å². The molecule has 10 atom stereocenters. The lowest BCUT2D eigenvalue weighted by Gasteiger charge is -2.26. The van der Waals surface area contributed by atoms with E-state index in [2.05, 4.69) is 48.9 Å². The Morgan fingerprint density at radius 3 is 2.57 bits per heavy atom. The van der Waals surface area contributed by atoms with Crippen LogP contribution < -0.4 is 17.0 Å². The van der Waals surface area contributed by atoms with Crippen molar-refractivity contribution in [2.75, 3.05) is 26.0 Å². The van der Waals surface area contributed by atoms with Gasteiger partial charge in [-0.2, -0.15) is 4.98 Å². The third kappa shape index (κ3) is 5.92. The lowest BCUT2D eigenvalue weighted by atomic mass is 10.1. The van der Waals surface area contributed by atoms with Gasteiger partial charge in [0.2, 0.25) is 5.95 Å². The number of phosphoric ester groups is 1.